The molecule has 8 heteroatoms. The lowest BCUT2D eigenvalue weighted by molar-refractivity contribution is 0.0997. The van der Waals surface area contributed by atoms with E-state index in [1.54, 1.807) is 24.4 Å². The fourth-order valence-electron chi connectivity index (χ4n) is 3.92. The molecule has 0 bridgehead atoms. The van der Waals surface area contributed by atoms with Crippen LogP contribution >= 0.6 is 0 Å². The van der Waals surface area contributed by atoms with Gasteiger partial charge in [0, 0.05) is 25.9 Å². The zero-order valence-corrected chi connectivity index (χ0v) is 19.3. The number of rotatable bonds is 11. The molecule has 0 saturated heterocycles. The molecule has 0 aliphatic carbocycles. The molecule has 0 amide bonds. The Bertz CT molecular complexity index is 979. The van der Waals surface area contributed by atoms with Crippen molar-refractivity contribution in [3.8, 4) is 0 Å². The zero-order valence-electron chi connectivity index (χ0n) is 18.5. The Morgan fingerprint density at radius 3 is 2.68 bits per heavy atom. The molecule has 168 valence electrons. The minimum Gasteiger partial charge on any atom is -0.380 e. The van der Waals surface area contributed by atoms with Crippen LogP contribution < -0.4 is 10.2 Å². The van der Waals surface area contributed by atoms with Gasteiger partial charge in [0.25, 0.3) is 0 Å². The van der Waals surface area contributed by atoms with Crippen molar-refractivity contribution in [1.82, 2.24) is 9.29 Å². The Balaban J connectivity index is 1.78. The average molecular weight is 445 g/mol. The Kier molecular flexibility index (Phi) is 7.69. The van der Waals surface area contributed by atoms with Gasteiger partial charge in [-0.05, 0) is 44.0 Å². The van der Waals surface area contributed by atoms with Crippen molar-refractivity contribution in [2.75, 3.05) is 30.0 Å². The first-order valence-corrected chi connectivity index (χ1v) is 12.1. The van der Waals surface area contributed by atoms with Crippen LogP contribution in [0.15, 0.2) is 60.3 Å². The molecule has 1 aliphatic rings. The van der Waals surface area contributed by atoms with Crippen LogP contribution in [0.4, 0.5) is 11.4 Å². The molecule has 0 radical (unpaired) electrons. The summed E-state index contributed by atoms with van der Waals surface area (Å²) in [5, 5.41) is 3.41. The Morgan fingerprint density at radius 2 is 2.03 bits per heavy atom. The van der Waals surface area contributed by atoms with Crippen molar-refractivity contribution in [2.24, 2.45) is 0 Å². The maximum Gasteiger partial charge on any atom is 0.243 e. The van der Waals surface area contributed by atoms with Crippen LogP contribution in [0.25, 0.3) is 0 Å². The van der Waals surface area contributed by atoms with Gasteiger partial charge in [0.2, 0.25) is 10.0 Å². The van der Waals surface area contributed by atoms with Crippen LogP contribution in [0.5, 0.6) is 0 Å². The van der Waals surface area contributed by atoms with E-state index in [-0.39, 0.29) is 12.2 Å². The molecule has 0 saturated carbocycles. The van der Waals surface area contributed by atoms with Gasteiger partial charge in [0.1, 0.15) is 0 Å². The van der Waals surface area contributed by atoms with E-state index >= 15 is 0 Å². The minimum atomic E-state index is -3.64. The van der Waals surface area contributed by atoms with E-state index in [0.29, 0.717) is 37.6 Å². The number of likely N-dealkylation sites (N-methyl/N-ethyl adjacent to an activating group) is 1. The summed E-state index contributed by atoms with van der Waals surface area (Å²) in [5.74, 6) is 0. The minimum absolute atomic E-state index is 0.136. The van der Waals surface area contributed by atoms with Gasteiger partial charge in [-0.15, -0.1) is 6.58 Å². The monoisotopic (exact) mass is 444 g/mol. The van der Waals surface area contributed by atoms with E-state index in [0.717, 1.165) is 16.9 Å². The number of sulfonamides is 1. The van der Waals surface area contributed by atoms with Crippen molar-refractivity contribution in [2.45, 2.75) is 50.8 Å². The lowest BCUT2D eigenvalue weighted by Crippen LogP contribution is -2.42. The SMILES string of the molecule is C=CCC(COCC)N(CC)S(=O)(=O)c1ccc(CN2c3ccncc3NC2C)cc1. The lowest BCUT2D eigenvalue weighted by atomic mass is 10.2. The fourth-order valence-corrected chi connectivity index (χ4v) is 5.55. The highest BCUT2D eigenvalue weighted by Gasteiger charge is 2.30. The molecular formula is C23H32N4O3S. The number of benzene rings is 1. The average Bonchev–Trinajstić information content (AvgIpc) is 3.08. The number of fused-ring (bicyclic) bond motifs is 1. The molecule has 1 aromatic carbocycles. The van der Waals surface area contributed by atoms with Crippen molar-refractivity contribution in [1.29, 1.82) is 0 Å². The summed E-state index contributed by atoms with van der Waals surface area (Å²) in [4.78, 5) is 6.70. The maximum absolute atomic E-state index is 13.3. The number of aromatic nitrogens is 1. The summed E-state index contributed by atoms with van der Waals surface area (Å²) in [5.41, 5.74) is 3.15. The summed E-state index contributed by atoms with van der Waals surface area (Å²) in [6.45, 7) is 11.6. The van der Waals surface area contributed by atoms with E-state index in [9.17, 15) is 8.42 Å². The number of hydrogen-bond donors (Lipinski definition) is 1. The second-order valence-corrected chi connectivity index (χ2v) is 9.42. The molecule has 0 fully saturated rings. The fraction of sp³-hybridized carbons (Fsp3) is 0.435. The molecule has 1 aromatic heterocycles. The normalized spacial score (nSPS) is 16.8. The molecule has 2 aromatic rings. The van der Waals surface area contributed by atoms with Crippen LogP contribution in [-0.4, -0.2) is 49.7 Å². The van der Waals surface area contributed by atoms with Gasteiger partial charge in [-0.2, -0.15) is 4.31 Å². The van der Waals surface area contributed by atoms with Gasteiger partial charge < -0.3 is 15.0 Å². The predicted octanol–water partition coefficient (Wildman–Crippen LogP) is 3.85. The van der Waals surface area contributed by atoms with Gasteiger partial charge in [-0.1, -0.05) is 25.1 Å². The van der Waals surface area contributed by atoms with Gasteiger partial charge in [-0.3, -0.25) is 4.98 Å². The Morgan fingerprint density at radius 1 is 1.29 bits per heavy atom. The molecular weight excluding hydrogens is 412 g/mol. The third-order valence-corrected chi connectivity index (χ3v) is 7.54. The van der Waals surface area contributed by atoms with Crippen LogP contribution in [-0.2, 0) is 21.3 Å². The van der Waals surface area contributed by atoms with E-state index in [1.807, 2.05) is 38.2 Å². The molecule has 2 atom stereocenters. The zero-order chi connectivity index (χ0) is 22.4. The lowest BCUT2D eigenvalue weighted by Gasteiger charge is -2.29. The highest BCUT2D eigenvalue weighted by molar-refractivity contribution is 7.89. The van der Waals surface area contributed by atoms with Gasteiger partial charge in [0.15, 0.2) is 0 Å². The molecule has 3 rings (SSSR count). The predicted molar refractivity (Wildman–Crippen MR) is 125 cm³/mol. The Hall–Kier alpha value is -2.42. The molecule has 0 spiro atoms. The summed E-state index contributed by atoms with van der Waals surface area (Å²) in [6.07, 6.45) is 6.02. The smallest absolute Gasteiger partial charge is 0.243 e. The van der Waals surface area contributed by atoms with E-state index in [1.165, 1.54) is 4.31 Å². The summed E-state index contributed by atoms with van der Waals surface area (Å²) in [7, 11) is -3.64. The number of nitrogens with zero attached hydrogens (tertiary/aromatic N) is 3. The van der Waals surface area contributed by atoms with E-state index in [2.05, 4.69) is 28.7 Å². The summed E-state index contributed by atoms with van der Waals surface area (Å²) < 4.78 is 33.7. The largest absolute Gasteiger partial charge is 0.380 e. The summed E-state index contributed by atoms with van der Waals surface area (Å²) in [6, 6.07) is 8.88. The van der Waals surface area contributed by atoms with Gasteiger partial charge in [-0.25, -0.2) is 8.42 Å². The number of nitrogens with one attached hydrogen (secondary N) is 1. The van der Waals surface area contributed by atoms with Crippen LogP contribution in [0, 0.1) is 0 Å². The maximum atomic E-state index is 13.3. The van der Waals surface area contributed by atoms with E-state index < -0.39 is 10.0 Å². The third-order valence-electron chi connectivity index (χ3n) is 5.49. The van der Waals surface area contributed by atoms with Crippen LogP contribution in [0.1, 0.15) is 32.8 Å². The first-order valence-electron chi connectivity index (χ1n) is 10.7. The van der Waals surface area contributed by atoms with Crippen molar-refractivity contribution in [3.05, 3.63) is 60.9 Å². The highest BCUT2D eigenvalue weighted by Crippen LogP contribution is 2.34. The first-order chi connectivity index (χ1) is 14.9. The molecule has 1 aliphatic heterocycles. The van der Waals surface area contributed by atoms with Crippen molar-refractivity contribution >= 4 is 21.4 Å². The quantitative estimate of drug-likeness (QED) is 0.531. The second-order valence-electron chi connectivity index (χ2n) is 7.53. The molecule has 7 nitrogen and oxygen atoms in total. The topological polar surface area (TPSA) is 74.8 Å². The van der Waals surface area contributed by atoms with Crippen molar-refractivity contribution < 1.29 is 13.2 Å². The van der Waals surface area contributed by atoms with Crippen molar-refractivity contribution in [3.63, 3.8) is 0 Å². The molecule has 1 N–H and O–H groups in total. The third kappa shape index (κ3) is 5.08. The first kappa shape index (κ1) is 23.2. The van der Waals surface area contributed by atoms with Gasteiger partial charge in [0.05, 0.1) is 41.3 Å². The highest BCUT2D eigenvalue weighted by atomic mass is 32.2. The number of anilines is 2. The molecule has 2 heterocycles. The molecule has 31 heavy (non-hydrogen) atoms. The summed E-state index contributed by atoms with van der Waals surface area (Å²) >= 11 is 0. The Labute approximate surface area is 185 Å². The molecule has 2 unspecified atom stereocenters. The number of ether oxygens (including phenoxy) is 1. The van der Waals surface area contributed by atoms with Gasteiger partial charge >= 0.3 is 0 Å². The number of pyridine rings is 1. The van der Waals surface area contributed by atoms with Crippen LogP contribution in [0.2, 0.25) is 0 Å². The standard InChI is InChI=1S/C23H32N4O3S/c1-5-8-20(17-30-7-3)27(6-2)31(28,29)21-11-9-19(10-12-21)16-26-18(4)25-22-15-24-14-13-23(22)26/h5,9-15,18,20,25H,1,6-8,16-17H2,2-4H3. The van der Waals surface area contributed by atoms with E-state index in [4.69, 9.17) is 4.74 Å². The second kappa shape index (κ2) is 10.3. The van der Waals surface area contributed by atoms with Crippen LogP contribution in [0.3, 0.4) is 0 Å². The number of hydrogen-bond acceptors (Lipinski definition) is 6.